The predicted octanol–water partition coefficient (Wildman–Crippen LogP) is 2.29. The molecule has 1 aliphatic rings. The van der Waals surface area contributed by atoms with Gasteiger partial charge in [0.1, 0.15) is 11.6 Å². The Bertz CT molecular complexity index is 353. The van der Waals surface area contributed by atoms with Crippen LogP contribution in [0.25, 0.3) is 0 Å². The van der Waals surface area contributed by atoms with E-state index in [-0.39, 0.29) is 5.82 Å². The maximum atomic E-state index is 13.1. The number of benzene rings is 1. The van der Waals surface area contributed by atoms with Crippen LogP contribution in [0.4, 0.5) is 4.39 Å². The van der Waals surface area contributed by atoms with Gasteiger partial charge in [-0.1, -0.05) is 6.92 Å². The average Bonchev–Trinajstić information content (AvgIpc) is 2.27. The number of ether oxygens (including phenoxy) is 1. The molecule has 0 aliphatic carbocycles. The van der Waals surface area contributed by atoms with Crippen LogP contribution >= 0.6 is 0 Å². The molecule has 2 rings (SSSR count). The second kappa shape index (κ2) is 4.19. The van der Waals surface area contributed by atoms with E-state index in [1.165, 1.54) is 6.07 Å². The van der Waals surface area contributed by atoms with Crippen LogP contribution in [0.3, 0.4) is 0 Å². The highest BCUT2D eigenvalue weighted by Crippen LogP contribution is 2.38. The molecule has 0 aromatic heterocycles. The first-order valence-electron chi connectivity index (χ1n) is 5.34. The van der Waals surface area contributed by atoms with Gasteiger partial charge in [-0.05, 0) is 43.0 Å². The van der Waals surface area contributed by atoms with Crippen molar-refractivity contribution in [2.24, 2.45) is 11.7 Å². The van der Waals surface area contributed by atoms with Crippen LogP contribution in [-0.4, -0.2) is 13.2 Å². The molecule has 0 saturated heterocycles. The van der Waals surface area contributed by atoms with Crippen LogP contribution in [0.5, 0.6) is 5.75 Å². The topological polar surface area (TPSA) is 35.2 Å². The Balaban J connectivity index is 2.36. The summed E-state index contributed by atoms with van der Waals surface area (Å²) in [4.78, 5) is 0. The maximum Gasteiger partial charge on any atom is 0.123 e. The second-order valence-corrected chi connectivity index (χ2v) is 4.14. The molecule has 0 bridgehead atoms. The van der Waals surface area contributed by atoms with Gasteiger partial charge in [0, 0.05) is 5.56 Å². The van der Waals surface area contributed by atoms with Crippen molar-refractivity contribution in [1.29, 1.82) is 0 Å². The predicted molar refractivity (Wildman–Crippen MR) is 57.5 cm³/mol. The van der Waals surface area contributed by atoms with Crippen molar-refractivity contribution in [2.75, 3.05) is 13.2 Å². The maximum absolute atomic E-state index is 13.1. The summed E-state index contributed by atoms with van der Waals surface area (Å²) in [7, 11) is 0. The number of fused-ring (bicyclic) bond motifs is 1. The summed E-state index contributed by atoms with van der Waals surface area (Å²) in [6, 6.07) is 4.72. The van der Waals surface area contributed by atoms with E-state index in [9.17, 15) is 4.39 Å². The first-order valence-corrected chi connectivity index (χ1v) is 5.34. The van der Waals surface area contributed by atoms with Gasteiger partial charge >= 0.3 is 0 Å². The van der Waals surface area contributed by atoms with Crippen LogP contribution in [0.2, 0.25) is 0 Å². The Morgan fingerprint density at radius 2 is 2.40 bits per heavy atom. The minimum atomic E-state index is -0.200. The normalized spacial score (nSPS) is 21.7. The molecule has 2 unspecified atom stereocenters. The van der Waals surface area contributed by atoms with Gasteiger partial charge in [0.25, 0.3) is 0 Å². The highest BCUT2D eigenvalue weighted by Gasteiger charge is 2.25. The molecule has 2 nitrogen and oxygen atoms in total. The first-order chi connectivity index (χ1) is 7.22. The van der Waals surface area contributed by atoms with E-state index in [1.54, 1.807) is 12.1 Å². The summed E-state index contributed by atoms with van der Waals surface area (Å²) in [6.07, 6.45) is 0.925. The SMILES string of the molecule is CC(CN)C1CCOc2ccc(F)cc21. The van der Waals surface area contributed by atoms with Gasteiger partial charge in [-0.15, -0.1) is 0 Å². The van der Waals surface area contributed by atoms with Crippen LogP contribution in [-0.2, 0) is 0 Å². The van der Waals surface area contributed by atoms with Crippen molar-refractivity contribution < 1.29 is 9.13 Å². The molecule has 0 saturated carbocycles. The van der Waals surface area contributed by atoms with E-state index in [0.29, 0.717) is 25.0 Å². The Morgan fingerprint density at radius 3 is 3.13 bits per heavy atom. The summed E-state index contributed by atoms with van der Waals surface area (Å²) < 4.78 is 18.6. The molecule has 1 aliphatic heterocycles. The largest absolute Gasteiger partial charge is 0.493 e. The van der Waals surface area contributed by atoms with Crippen molar-refractivity contribution in [3.8, 4) is 5.75 Å². The number of halogens is 1. The zero-order valence-electron chi connectivity index (χ0n) is 8.87. The Kier molecular flexibility index (Phi) is 2.91. The number of hydrogen-bond acceptors (Lipinski definition) is 2. The summed E-state index contributed by atoms with van der Waals surface area (Å²) in [5.41, 5.74) is 6.63. The molecule has 2 N–H and O–H groups in total. The Hall–Kier alpha value is -1.09. The molecule has 0 fully saturated rings. The molecule has 0 radical (unpaired) electrons. The van der Waals surface area contributed by atoms with Crippen LogP contribution in [0.1, 0.15) is 24.8 Å². The zero-order valence-corrected chi connectivity index (χ0v) is 8.87. The summed E-state index contributed by atoms with van der Waals surface area (Å²) in [5.74, 6) is 1.31. The molecule has 2 atom stereocenters. The van der Waals surface area contributed by atoms with Gasteiger partial charge in [0.2, 0.25) is 0 Å². The number of nitrogens with two attached hydrogens (primary N) is 1. The lowest BCUT2D eigenvalue weighted by Crippen LogP contribution is -2.24. The monoisotopic (exact) mass is 209 g/mol. The first kappa shape index (κ1) is 10.4. The second-order valence-electron chi connectivity index (χ2n) is 4.14. The van der Waals surface area contributed by atoms with Gasteiger partial charge in [0.05, 0.1) is 6.61 Å². The van der Waals surface area contributed by atoms with E-state index < -0.39 is 0 Å². The highest BCUT2D eigenvalue weighted by atomic mass is 19.1. The van der Waals surface area contributed by atoms with Crippen molar-refractivity contribution in [3.63, 3.8) is 0 Å². The third-order valence-electron chi connectivity index (χ3n) is 3.12. The summed E-state index contributed by atoms with van der Waals surface area (Å²) >= 11 is 0. The van der Waals surface area contributed by atoms with Crippen LogP contribution < -0.4 is 10.5 Å². The van der Waals surface area contributed by atoms with E-state index in [2.05, 4.69) is 6.92 Å². The highest BCUT2D eigenvalue weighted by molar-refractivity contribution is 5.38. The van der Waals surface area contributed by atoms with E-state index in [0.717, 1.165) is 17.7 Å². The summed E-state index contributed by atoms with van der Waals surface area (Å²) in [6.45, 7) is 3.43. The molecule has 0 spiro atoms. The Morgan fingerprint density at radius 1 is 1.60 bits per heavy atom. The lowest BCUT2D eigenvalue weighted by molar-refractivity contribution is 0.243. The van der Waals surface area contributed by atoms with E-state index in [1.807, 2.05) is 0 Å². The molecule has 1 heterocycles. The van der Waals surface area contributed by atoms with Gasteiger partial charge in [0.15, 0.2) is 0 Å². The molecular weight excluding hydrogens is 193 g/mol. The van der Waals surface area contributed by atoms with E-state index in [4.69, 9.17) is 10.5 Å². The van der Waals surface area contributed by atoms with Crippen molar-refractivity contribution in [1.82, 2.24) is 0 Å². The molecule has 82 valence electrons. The minimum absolute atomic E-state index is 0.200. The fourth-order valence-electron chi connectivity index (χ4n) is 2.15. The lowest BCUT2D eigenvalue weighted by atomic mass is 9.83. The Labute approximate surface area is 89.2 Å². The average molecular weight is 209 g/mol. The summed E-state index contributed by atoms with van der Waals surface area (Å²) in [5, 5.41) is 0. The van der Waals surface area contributed by atoms with Crippen LogP contribution in [0, 0.1) is 11.7 Å². The fraction of sp³-hybridized carbons (Fsp3) is 0.500. The smallest absolute Gasteiger partial charge is 0.123 e. The van der Waals surface area contributed by atoms with E-state index >= 15 is 0 Å². The van der Waals surface area contributed by atoms with Crippen molar-refractivity contribution in [2.45, 2.75) is 19.3 Å². The fourth-order valence-corrected chi connectivity index (χ4v) is 2.15. The molecular formula is C12H16FNO. The number of hydrogen-bond donors (Lipinski definition) is 1. The van der Waals surface area contributed by atoms with Gasteiger partial charge in [-0.25, -0.2) is 4.39 Å². The molecule has 3 heteroatoms. The van der Waals surface area contributed by atoms with Crippen molar-refractivity contribution >= 4 is 0 Å². The zero-order chi connectivity index (χ0) is 10.8. The van der Waals surface area contributed by atoms with Gasteiger partial charge < -0.3 is 10.5 Å². The third-order valence-corrected chi connectivity index (χ3v) is 3.12. The van der Waals surface area contributed by atoms with Gasteiger partial charge in [-0.3, -0.25) is 0 Å². The minimum Gasteiger partial charge on any atom is -0.493 e. The molecule has 1 aromatic carbocycles. The molecule has 15 heavy (non-hydrogen) atoms. The lowest BCUT2D eigenvalue weighted by Gasteiger charge is -2.29. The number of rotatable bonds is 2. The van der Waals surface area contributed by atoms with Crippen molar-refractivity contribution in [3.05, 3.63) is 29.6 Å². The van der Waals surface area contributed by atoms with Crippen LogP contribution in [0.15, 0.2) is 18.2 Å². The standard InChI is InChI=1S/C12H16FNO/c1-8(7-14)10-4-5-15-12-3-2-9(13)6-11(10)12/h2-3,6,8,10H,4-5,7,14H2,1H3. The quantitative estimate of drug-likeness (QED) is 0.811. The molecule has 1 aromatic rings. The third kappa shape index (κ3) is 1.97. The van der Waals surface area contributed by atoms with Gasteiger partial charge in [-0.2, -0.15) is 0 Å². The molecule has 0 amide bonds.